The zero-order valence-corrected chi connectivity index (χ0v) is 19.1. The maximum absolute atomic E-state index is 12.9. The Balaban J connectivity index is 1.65. The number of hydrogen-bond acceptors (Lipinski definition) is 4. The number of benzene rings is 2. The molecule has 2 N–H and O–H groups in total. The molecule has 31 heavy (non-hydrogen) atoms. The molecule has 0 radical (unpaired) electrons. The Hall–Kier alpha value is -2.51. The lowest BCUT2D eigenvalue weighted by atomic mass is 9.76. The maximum Gasteiger partial charge on any atom is 0.255 e. The molecule has 5 nitrogen and oxygen atoms in total. The second-order valence-corrected chi connectivity index (χ2v) is 10.7. The monoisotopic (exact) mass is 454 g/mol. The van der Waals surface area contributed by atoms with Crippen molar-refractivity contribution in [2.45, 2.75) is 48.8 Å². The van der Waals surface area contributed by atoms with Gasteiger partial charge in [-0.2, -0.15) is 0 Å². The highest BCUT2D eigenvalue weighted by Gasteiger charge is 2.27. The average molecular weight is 455 g/mol. The van der Waals surface area contributed by atoms with Gasteiger partial charge in [0.15, 0.2) is 14.6 Å². The van der Waals surface area contributed by atoms with E-state index >= 15 is 0 Å². The van der Waals surface area contributed by atoms with Gasteiger partial charge in [0.25, 0.3) is 5.56 Å². The van der Waals surface area contributed by atoms with Crippen molar-refractivity contribution >= 4 is 22.1 Å². The van der Waals surface area contributed by atoms with E-state index in [0.29, 0.717) is 21.8 Å². The number of aromatic nitrogens is 2. The smallest absolute Gasteiger partial charge is 0.255 e. The van der Waals surface area contributed by atoms with Gasteiger partial charge >= 0.3 is 0 Å². The molecule has 0 atom stereocenters. The highest BCUT2D eigenvalue weighted by atomic mass is 32.2. The molecule has 1 heterocycles. The molecule has 1 saturated carbocycles. The molecule has 1 aliphatic rings. The molecule has 1 aliphatic carbocycles. The van der Waals surface area contributed by atoms with Crippen molar-refractivity contribution in [2.24, 2.45) is 0 Å². The second-order valence-electron chi connectivity index (χ2n) is 8.32. The van der Waals surface area contributed by atoms with Crippen LogP contribution in [-0.4, -0.2) is 24.6 Å². The normalized spacial score (nSPS) is 19.3. The zero-order valence-electron chi connectivity index (χ0n) is 17.4. The van der Waals surface area contributed by atoms with Gasteiger partial charge < -0.3 is 4.98 Å². The third-order valence-electron chi connectivity index (χ3n) is 6.22. The molecule has 1 fully saturated rings. The van der Waals surface area contributed by atoms with Gasteiger partial charge in [0, 0.05) is 23.9 Å². The van der Waals surface area contributed by atoms with Crippen molar-refractivity contribution < 1.29 is 8.42 Å². The van der Waals surface area contributed by atoms with E-state index in [1.165, 1.54) is 11.8 Å². The molecule has 0 unspecified atom stereocenters. The Labute approximate surface area is 187 Å². The number of nitrogens with one attached hydrogen (secondary N) is 2. The molecule has 0 aliphatic heterocycles. The fourth-order valence-electron chi connectivity index (χ4n) is 4.70. The van der Waals surface area contributed by atoms with Crippen molar-refractivity contribution in [3.8, 4) is 0 Å². The van der Waals surface area contributed by atoms with Gasteiger partial charge in [-0.25, -0.2) is 8.42 Å². The number of rotatable bonds is 5. The number of aromatic amines is 2. The summed E-state index contributed by atoms with van der Waals surface area (Å²) in [5.41, 5.74) is 3.17. The van der Waals surface area contributed by atoms with Gasteiger partial charge in [-0.1, -0.05) is 48.5 Å². The summed E-state index contributed by atoms with van der Waals surface area (Å²) in [6.45, 7) is 0. The second kappa shape index (κ2) is 8.93. The predicted octanol–water partition coefficient (Wildman–Crippen LogP) is 4.87. The minimum absolute atomic E-state index is 0.198. The summed E-state index contributed by atoms with van der Waals surface area (Å²) in [5.74, 6) is 0.723. The molecular formula is C24H26N2O3S2. The van der Waals surface area contributed by atoms with E-state index < -0.39 is 9.84 Å². The molecule has 0 spiro atoms. The van der Waals surface area contributed by atoms with Crippen LogP contribution in [0.15, 0.2) is 64.3 Å². The van der Waals surface area contributed by atoms with Crippen molar-refractivity contribution in [3.05, 3.63) is 92.1 Å². The first-order chi connectivity index (χ1) is 14.8. The summed E-state index contributed by atoms with van der Waals surface area (Å²) in [4.78, 5) is 19.0. The van der Waals surface area contributed by atoms with Crippen molar-refractivity contribution in [2.75, 3.05) is 6.26 Å². The standard InChI is InChI=1S/C24H26N2O3S2/c1-31(28,29)21-10-6-5-9-19(21)15-20-22(25-24(30)26-23(20)27)18-13-11-17(12-14-18)16-7-3-2-4-8-16/h2-10,17-18H,11-15H2,1H3,(H2,25,26,27,30)/t17-,18-. The highest BCUT2D eigenvalue weighted by molar-refractivity contribution is 7.90. The van der Waals surface area contributed by atoms with Gasteiger partial charge in [-0.05, 0) is 66.9 Å². The maximum atomic E-state index is 12.9. The quantitative estimate of drug-likeness (QED) is 0.539. The third kappa shape index (κ3) is 4.88. The average Bonchev–Trinajstić information content (AvgIpc) is 2.76. The summed E-state index contributed by atoms with van der Waals surface area (Å²) < 4.78 is 24.8. The molecule has 7 heteroatoms. The van der Waals surface area contributed by atoms with Crippen LogP contribution in [0.1, 0.15) is 59.9 Å². The minimum Gasteiger partial charge on any atom is -0.335 e. The molecule has 1 aromatic heterocycles. The lowest BCUT2D eigenvalue weighted by molar-refractivity contribution is 0.389. The first-order valence-corrected chi connectivity index (χ1v) is 12.8. The Kier molecular flexibility index (Phi) is 6.25. The summed E-state index contributed by atoms with van der Waals surface area (Å²) in [7, 11) is -3.39. The molecule has 4 rings (SSSR count). The fraction of sp³-hybridized carbons (Fsp3) is 0.333. The molecule has 162 valence electrons. The van der Waals surface area contributed by atoms with Crippen LogP contribution in [0.25, 0.3) is 0 Å². The van der Waals surface area contributed by atoms with Crippen LogP contribution in [-0.2, 0) is 16.3 Å². The lowest BCUT2D eigenvalue weighted by Gasteiger charge is -2.30. The fourth-order valence-corrected chi connectivity index (χ4v) is 5.84. The van der Waals surface area contributed by atoms with E-state index in [9.17, 15) is 13.2 Å². The van der Waals surface area contributed by atoms with Crippen molar-refractivity contribution in [1.82, 2.24) is 9.97 Å². The summed E-state index contributed by atoms with van der Waals surface area (Å²) >= 11 is 5.26. The third-order valence-corrected chi connectivity index (χ3v) is 7.62. The lowest BCUT2D eigenvalue weighted by Crippen LogP contribution is -2.23. The highest BCUT2D eigenvalue weighted by Crippen LogP contribution is 2.40. The van der Waals surface area contributed by atoms with E-state index in [4.69, 9.17) is 12.2 Å². The number of sulfone groups is 1. The van der Waals surface area contributed by atoms with Crippen molar-refractivity contribution in [1.29, 1.82) is 0 Å². The van der Waals surface area contributed by atoms with E-state index in [0.717, 1.165) is 31.4 Å². The summed E-state index contributed by atoms with van der Waals surface area (Å²) in [5, 5.41) is 0. The minimum atomic E-state index is -3.39. The van der Waals surface area contributed by atoms with Crippen LogP contribution in [0.4, 0.5) is 0 Å². The zero-order chi connectivity index (χ0) is 22.0. The van der Waals surface area contributed by atoms with Gasteiger partial charge in [-0.15, -0.1) is 0 Å². The van der Waals surface area contributed by atoms with Crippen molar-refractivity contribution in [3.63, 3.8) is 0 Å². The summed E-state index contributed by atoms with van der Waals surface area (Å²) in [6, 6.07) is 17.4. The van der Waals surface area contributed by atoms with Gasteiger partial charge in [0.2, 0.25) is 0 Å². The topological polar surface area (TPSA) is 82.8 Å². The first kappa shape index (κ1) is 21.7. The Bertz CT molecular complexity index is 1290. The van der Waals surface area contributed by atoms with Crippen LogP contribution >= 0.6 is 12.2 Å². The summed E-state index contributed by atoms with van der Waals surface area (Å²) in [6.07, 6.45) is 5.44. The Morgan fingerprint density at radius 2 is 1.52 bits per heavy atom. The van der Waals surface area contributed by atoms with Crippen LogP contribution in [0.3, 0.4) is 0 Å². The Morgan fingerprint density at radius 1 is 0.903 bits per heavy atom. The van der Waals surface area contributed by atoms with Crippen LogP contribution < -0.4 is 5.56 Å². The first-order valence-electron chi connectivity index (χ1n) is 10.5. The van der Waals surface area contributed by atoms with Crippen LogP contribution in [0, 0.1) is 4.77 Å². The van der Waals surface area contributed by atoms with Crippen LogP contribution in [0.5, 0.6) is 0 Å². The Morgan fingerprint density at radius 3 is 2.19 bits per heavy atom. The molecule has 0 bridgehead atoms. The van der Waals surface area contributed by atoms with Crippen LogP contribution in [0.2, 0.25) is 0 Å². The van der Waals surface area contributed by atoms with E-state index in [-0.39, 0.29) is 22.8 Å². The number of H-pyrrole nitrogens is 2. The van der Waals surface area contributed by atoms with E-state index in [2.05, 4.69) is 34.2 Å². The van der Waals surface area contributed by atoms with E-state index in [1.807, 2.05) is 6.07 Å². The molecule has 2 aromatic carbocycles. The number of hydrogen-bond donors (Lipinski definition) is 2. The molecule has 0 amide bonds. The van der Waals surface area contributed by atoms with E-state index in [1.54, 1.807) is 24.3 Å². The molecule has 0 saturated heterocycles. The largest absolute Gasteiger partial charge is 0.335 e. The molecular weight excluding hydrogens is 428 g/mol. The van der Waals surface area contributed by atoms with Gasteiger partial charge in [-0.3, -0.25) is 9.78 Å². The molecule has 3 aromatic rings. The SMILES string of the molecule is CS(=O)(=O)c1ccccc1Cc1c(=O)[nH]c(=S)[nH]c1[C@H]1CC[C@H](c2ccccc2)CC1. The predicted molar refractivity (Wildman–Crippen MR) is 125 cm³/mol. The van der Waals surface area contributed by atoms with Gasteiger partial charge in [0.1, 0.15) is 0 Å². The van der Waals surface area contributed by atoms with Gasteiger partial charge in [0.05, 0.1) is 4.90 Å².